The summed E-state index contributed by atoms with van der Waals surface area (Å²) in [4.78, 5) is 0. The number of hydrogen-bond acceptors (Lipinski definition) is 1. The second kappa shape index (κ2) is 4.91. The maximum atomic E-state index is 6.11. The van der Waals surface area contributed by atoms with Crippen molar-refractivity contribution in [3.05, 3.63) is 37.4 Å². The number of ether oxygens (including phenoxy) is 1. The van der Waals surface area contributed by atoms with Gasteiger partial charge in [-0.25, -0.2) is 0 Å². The quantitative estimate of drug-likeness (QED) is 0.551. The number of hydrogen-bond donors (Lipinski definition) is 0. The predicted octanol–water partition coefficient (Wildman–Crippen LogP) is 5.41. The summed E-state index contributed by atoms with van der Waals surface area (Å²) in [5.41, 5.74) is 2.39. The Bertz CT molecular complexity index is 503. The number of rotatable bonds is 1. The van der Waals surface area contributed by atoms with Crippen LogP contribution < -0.4 is 0 Å². The van der Waals surface area contributed by atoms with Crippen molar-refractivity contribution in [1.82, 2.24) is 0 Å². The van der Waals surface area contributed by atoms with Gasteiger partial charge in [-0.05, 0) is 86.0 Å². The second-order valence-corrected chi connectivity index (χ2v) is 7.96. The van der Waals surface area contributed by atoms with Crippen LogP contribution in [-0.4, -0.2) is 11.2 Å². The standard InChI is InChI=1S/C15H18BrIO/c1-14(2)9-11(15(3,4)18-14)7-10-8-12(16)5-6-13(10)17/h5-8H,9H2,1-4H3. The van der Waals surface area contributed by atoms with E-state index in [0.717, 1.165) is 10.9 Å². The van der Waals surface area contributed by atoms with E-state index in [1.54, 1.807) is 0 Å². The van der Waals surface area contributed by atoms with Crippen LogP contribution in [0.15, 0.2) is 28.2 Å². The molecule has 18 heavy (non-hydrogen) atoms. The van der Waals surface area contributed by atoms with Gasteiger partial charge in [0.15, 0.2) is 0 Å². The molecule has 0 atom stereocenters. The van der Waals surface area contributed by atoms with Crippen molar-refractivity contribution in [1.29, 1.82) is 0 Å². The first kappa shape index (κ1) is 14.5. The van der Waals surface area contributed by atoms with Gasteiger partial charge in [0.05, 0.1) is 11.2 Å². The smallest absolute Gasteiger partial charge is 0.0847 e. The highest BCUT2D eigenvalue weighted by molar-refractivity contribution is 14.1. The third kappa shape index (κ3) is 3.17. The summed E-state index contributed by atoms with van der Waals surface area (Å²) in [6, 6.07) is 6.37. The minimum atomic E-state index is -0.172. The molecule has 0 N–H and O–H groups in total. The third-order valence-electron chi connectivity index (χ3n) is 3.21. The van der Waals surface area contributed by atoms with Gasteiger partial charge in [0.25, 0.3) is 0 Å². The van der Waals surface area contributed by atoms with E-state index in [1.807, 2.05) is 0 Å². The summed E-state index contributed by atoms with van der Waals surface area (Å²) >= 11 is 5.91. The highest BCUT2D eigenvalue weighted by atomic mass is 127. The van der Waals surface area contributed by atoms with Crippen molar-refractivity contribution in [3.8, 4) is 0 Å². The summed E-state index contributed by atoms with van der Waals surface area (Å²) in [7, 11) is 0. The van der Waals surface area contributed by atoms with Crippen LogP contribution >= 0.6 is 38.5 Å². The topological polar surface area (TPSA) is 9.23 Å². The van der Waals surface area contributed by atoms with Gasteiger partial charge in [0, 0.05) is 8.04 Å². The highest BCUT2D eigenvalue weighted by Crippen LogP contribution is 2.42. The van der Waals surface area contributed by atoms with Gasteiger partial charge in [0.2, 0.25) is 0 Å². The van der Waals surface area contributed by atoms with Gasteiger partial charge in [-0.2, -0.15) is 0 Å². The van der Waals surface area contributed by atoms with E-state index < -0.39 is 0 Å². The van der Waals surface area contributed by atoms with Crippen molar-refractivity contribution in [2.75, 3.05) is 0 Å². The fourth-order valence-electron chi connectivity index (χ4n) is 2.50. The Morgan fingerprint density at radius 2 is 1.94 bits per heavy atom. The van der Waals surface area contributed by atoms with Crippen LogP contribution in [0, 0.1) is 3.57 Å². The molecule has 0 spiro atoms. The van der Waals surface area contributed by atoms with Crippen LogP contribution in [-0.2, 0) is 4.74 Å². The zero-order valence-electron chi connectivity index (χ0n) is 11.2. The van der Waals surface area contributed by atoms with E-state index in [0.29, 0.717) is 0 Å². The lowest BCUT2D eigenvalue weighted by atomic mass is 9.92. The third-order valence-corrected chi connectivity index (χ3v) is 4.68. The summed E-state index contributed by atoms with van der Waals surface area (Å²) < 4.78 is 8.49. The molecule has 1 aliphatic heterocycles. The van der Waals surface area contributed by atoms with Gasteiger partial charge in [-0.15, -0.1) is 0 Å². The molecule has 0 radical (unpaired) electrons. The summed E-state index contributed by atoms with van der Waals surface area (Å²) in [6.45, 7) is 8.61. The maximum absolute atomic E-state index is 6.11. The molecule has 1 aliphatic rings. The first-order valence-electron chi connectivity index (χ1n) is 6.06. The molecule has 1 fully saturated rings. The average Bonchev–Trinajstić information content (AvgIpc) is 2.40. The molecule has 1 aromatic carbocycles. The summed E-state index contributed by atoms with van der Waals surface area (Å²) in [5.74, 6) is 0. The second-order valence-electron chi connectivity index (χ2n) is 5.88. The first-order valence-corrected chi connectivity index (χ1v) is 7.93. The number of benzene rings is 1. The molecule has 0 amide bonds. The van der Waals surface area contributed by atoms with Crippen molar-refractivity contribution in [2.45, 2.75) is 45.3 Å². The van der Waals surface area contributed by atoms with Gasteiger partial charge in [0.1, 0.15) is 0 Å². The SMILES string of the molecule is CC1(C)CC(=Cc2cc(Br)ccc2I)C(C)(C)O1. The van der Waals surface area contributed by atoms with E-state index in [-0.39, 0.29) is 11.2 Å². The average molecular weight is 421 g/mol. The molecule has 3 heteroatoms. The molecule has 1 heterocycles. The molecular formula is C15H18BrIO. The van der Waals surface area contributed by atoms with Crippen LogP contribution in [0.2, 0.25) is 0 Å². The monoisotopic (exact) mass is 420 g/mol. The Kier molecular flexibility index (Phi) is 3.96. The zero-order chi connectivity index (χ0) is 13.6. The minimum Gasteiger partial charge on any atom is -0.365 e. The van der Waals surface area contributed by atoms with E-state index in [1.165, 1.54) is 14.7 Å². The Labute approximate surface area is 131 Å². The Morgan fingerprint density at radius 1 is 1.28 bits per heavy atom. The maximum Gasteiger partial charge on any atom is 0.0847 e. The van der Waals surface area contributed by atoms with E-state index >= 15 is 0 Å². The molecular weight excluding hydrogens is 403 g/mol. The first-order chi connectivity index (χ1) is 8.20. The molecule has 0 aliphatic carbocycles. The molecule has 2 rings (SSSR count). The normalized spacial score (nSPS) is 23.6. The van der Waals surface area contributed by atoms with Gasteiger partial charge in [-0.3, -0.25) is 0 Å². The van der Waals surface area contributed by atoms with Gasteiger partial charge < -0.3 is 4.74 Å². The van der Waals surface area contributed by atoms with Crippen LogP contribution in [0.4, 0.5) is 0 Å². The van der Waals surface area contributed by atoms with Crippen molar-refractivity contribution in [3.63, 3.8) is 0 Å². The van der Waals surface area contributed by atoms with Gasteiger partial charge in [-0.1, -0.05) is 22.0 Å². The van der Waals surface area contributed by atoms with Crippen molar-refractivity contribution < 1.29 is 4.74 Å². The lowest BCUT2D eigenvalue weighted by Crippen LogP contribution is -2.26. The molecule has 0 aromatic heterocycles. The van der Waals surface area contributed by atoms with E-state index in [9.17, 15) is 0 Å². The number of halogens is 2. The zero-order valence-corrected chi connectivity index (χ0v) is 14.9. The Morgan fingerprint density at radius 3 is 2.50 bits per heavy atom. The molecule has 1 aromatic rings. The Balaban J connectivity index is 2.42. The summed E-state index contributed by atoms with van der Waals surface area (Å²) in [6.07, 6.45) is 3.27. The van der Waals surface area contributed by atoms with Crippen molar-refractivity contribution in [2.24, 2.45) is 0 Å². The van der Waals surface area contributed by atoms with Crippen LogP contribution in [0.5, 0.6) is 0 Å². The van der Waals surface area contributed by atoms with Crippen LogP contribution in [0.3, 0.4) is 0 Å². The predicted molar refractivity (Wildman–Crippen MR) is 88.7 cm³/mol. The van der Waals surface area contributed by atoms with E-state index in [4.69, 9.17) is 4.74 Å². The molecule has 0 unspecified atom stereocenters. The highest BCUT2D eigenvalue weighted by Gasteiger charge is 2.41. The minimum absolute atomic E-state index is 0.0627. The van der Waals surface area contributed by atoms with E-state index in [2.05, 4.69) is 90.5 Å². The molecule has 1 nitrogen and oxygen atoms in total. The van der Waals surface area contributed by atoms with Crippen LogP contribution in [0.25, 0.3) is 6.08 Å². The van der Waals surface area contributed by atoms with Gasteiger partial charge >= 0.3 is 0 Å². The lowest BCUT2D eigenvalue weighted by Gasteiger charge is -2.24. The fraction of sp³-hybridized carbons (Fsp3) is 0.467. The fourth-order valence-corrected chi connectivity index (χ4v) is 3.37. The molecule has 0 bridgehead atoms. The summed E-state index contributed by atoms with van der Waals surface area (Å²) in [5, 5.41) is 0. The largest absolute Gasteiger partial charge is 0.365 e. The molecule has 1 saturated heterocycles. The molecule has 98 valence electrons. The molecule has 0 saturated carbocycles. The lowest BCUT2D eigenvalue weighted by molar-refractivity contribution is -0.0565. The van der Waals surface area contributed by atoms with Crippen LogP contribution in [0.1, 0.15) is 39.7 Å². The van der Waals surface area contributed by atoms with Crippen molar-refractivity contribution >= 4 is 44.6 Å². The Hall–Kier alpha value is 0.130.